The Morgan fingerprint density at radius 3 is 2.52 bits per heavy atom. The van der Waals surface area contributed by atoms with Crippen molar-refractivity contribution in [1.29, 1.82) is 0 Å². The predicted octanol–water partition coefficient (Wildman–Crippen LogP) is 2.01. The summed E-state index contributed by atoms with van der Waals surface area (Å²) in [6.07, 6.45) is 1.57. The van der Waals surface area contributed by atoms with Gasteiger partial charge in [0.25, 0.3) is 5.56 Å². The summed E-state index contributed by atoms with van der Waals surface area (Å²) in [6.45, 7) is 4.82. The molecule has 0 N–H and O–H groups in total. The minimum atomic E-state index is -0.321. The topological polar surface area (TPSA) is 60.8 Å². The molecule has 0 fully saturated rings. The van der Waals surface area contributed by atoms with Crippen LogP contribution >= 0.6 is 0 Å². The zero-order valence-corrected chi connectivity index (χ0v) is 15.1. The smallest absolute Gasteiger partial charge is 0.293 e. The van der Waals surface area contributed by atoms with Crippen LogP contribution in [0.2, 0.25) is 0 Å². The van der Waals surface area contributed by atoms with Crippen molar-refractivity contribution in [3.05, 3.63) is 58.0 Å². The molecule has 0 saturated heterocycles. The number of hydrogen-bond donors (Lipinski definition) is 0. The van der Waals surface area contributed by atoms with E-state index < -0.39 is 0 Å². The van der Waals surface area contributed by atoms with Crippen molar-refractivity contribution >= 4 is 5.91 Å². The fourth-order valence-corrected chi connectivity index (χ4v) is 2.50. The second kappa shape index (κ2) is 8.37. The number of hydrogen-bond acceptors (Lipinski definition) is 4. The summed E-state index contributed by atoms with van der Waals surface area (Å²) < 4.78 is 12.0. The van der Waals surface area contributed by atoms with Gasteiger partial charge >= 0.3 is 0 Å². The van der Waals surface area contributed by atoms with Gasteiger partial charge in [0.1, 0.15) is 18.9 Å². The number of nitrogens with zero attached hydrogens (tertiary/aromatic N) is 2. The van der Waals surface area contributed by atoms with E-state index in [0.29, 0.717) is 13.2 Å². The number of aryl methyl sites for hydroxylation is 2. The molecule has 25 heavy (non-hydrogen) atoms. The van der Waals surface area contributed by atoms with Gasteiger partial charge in [0.2, 0.25) is 5.91 Å². The zero-order chi connectivity index (χ0) is 18.4. The van der Waals surface area contributed by atoms with Crippen LogP contribution in [-0.4, -0.2) is 42.7 Å². The maximum Gasteiger partial charge on any atom is 0.293 e. The van der Waals surface area contributed by atoms with Crippen molar-refractivity contribution in [2.45, 2.75) is 20.4 Å². The van der Waals surface area contributed by atoms with Crippen LogP contribution in [0.4, 0.5) is 0 Å². The van der Waals surface area contributed by atoms with E-state index in [0.717, 1.165) is 16.9 Å². The molecule has 2 aromatic rings. The van der Waals surface area contributed by atoms with E-state index in [1.807, 2.05) is 26.0 Å². The highest BCUT2D eigenvalue weighted by atomic mass is 16.5. The van der Waals surface area contributed by atoms with Crippen molar-refractivity contribution < 1.29 is 14.3 Å². The Kier molecular flexibility index (Phi) is 6.22. The predicted molar refractivity (Wildman–Crippen MR) is 96.3 cm³/mol. The molecule has 0 aliphatic carbocycles. The lowest BCUT2D eigenvalue weighted by Gasteiger charge is -2.18. The molecule has 1 heterocycles. The molecule has 1 amide bonds. The van der Waals surface area contributed by atoms with Crippen LogP contribution in [0.25, 0.3) is 0 Å². The lowest BCUT2D eigenvalue weighted by atomic mass is 10.1. The third-order valence-electron chi connectivity index (χ3n) is 3.83. The Labute approximate surface area is 147 Å². The Morgan fingerprint density at radius 1 is 1.20 bits per heavy atom. The van der Waals surface area contributed by atoms with E-state index in [1.165, 1.54) is 11.7 Å². The first-order valence-corrected chi connectivity index (χ1v) is 8.09. The van der Waals surface area contributed by atoms with Gasteiger partial charge in [0.15, 0.2) is 5.75 Å². The fraction of sp³-hybridized carbons (Fsp3) is 0.368. The number of carbonyl (C=O) groups excluding carboxylic acids is 1. The summed E-state index contributed by atoms with van der Waals surface area (Å²) in [6, 6.07) is 9.25. The lowest BCUT2D eigenvalue weighted by molar-refractivity contribution is -0.130. The van der Waals surface area contributed by atoms with Crippen LogP contribution < -0.4 is 15.0 Å². The molecule has 6 nitrogen and oxygen atoms in total. The monoisotopic (exact) mass is 344 g/mol. The van der Waals surface area contributed by atoms with Crippen molar-refractivity contribution in [3.8, 4) is 11.5 Å². The summed E-state index contributed by atoms with van der Waals surface area (Å²) in [4.78, 5) is 25.9. The van der Waals surface area contributed by atoms with Gasteiger partial charge in [-0.1, -0.05) is 6.07 Å². The van der Waals surface area contributed by atoms with Gasteiger partial charge in [-0.3, -0.25) is 9.59 Å². The number of pyridine rings is 1. The lowest BCUT2D eigenvalue weighted by Crippen LogP contribution is -2.36. The summed E-state index contributed by atoms with van der Waals surface area (Å²) in [5.74, 6) is 0.845. The van der Waals surface area contributed by atoms with Gasteiger partial charge in [0, 0.05) is 13.2 Å². The van der Waals surface area contributed by atoms with E-state index in [4.69, 9.17) is 9.47 Å². The molecule has 0 bridgehead atoms. The number of rotatable bonds is 7. The third kappa shape index (κ3) is 5.11. The van der Waals surface area contributed by atoms with Crippen molar-refractivity contribution in [2.24, 2.45) is 0 Å². The molecule has 0 spiro atoms. The summed E-state index contributed by atoms with van der Waals surface area (Å²) in [7, 11) is 3.12. The number of likely N-dealkylation sites (N-methyl/N-ethyl adjacent to an activating group) is 1. The third-order valence-corrected chi connectivity index (χ3v) is 3.83. The molecule has 0 saturated carbocycles. The molecule has 134 valence electrons. The summed E-state index contributed by atoms with van der Waals surface area (Å²) in [5, 5.41) is 0. The Morgan fingerprint density at radius 2 is 1.88 bits per heavy atom. The highest BCUT2D eigenvalue weighted by molar-refractivity contribution is 5.75. The van der Waals surface area contributed by atoms with Gasteiger partial charge in [-0.2, -0.15) is 0 Å². The van der Waals surface area contributed by atoms with Gasteiger partial charge in [-0.15, -0.1) is 0 Å². The van der Waals surface area contributed by atoms with Gasteiger partial charge in [-0.25, -0.2) is 0 Å². The number of aromatic nitrogens is 1. The molecule has 0 aliphatic heterocycles. The quantitative estimate of drug-likeness (QED) is 0.771. The number of benzene rings is 1. The average Bonchev–Trinajstić information content (AvgIpc) is 2.55. The SMILES string of the molecule is COc1cccn(CC(=O)N(C)CCOc2cc(C)cc(C)c2)c1=O. The minimum Gasteiger partial charge on any atom is -0.492 e. The average molecular weight is 344 g/mol. The standard InChI is InChI=1S/C19H24N2O4/c1-14-10-15(2)12-16(11-14)25-9-8-20(3)18(22)13-21-7-5-6-17(24-4)19(21)23/h5-7,10-12H,8-9,13H2,1-4H3. The number of carbonyl (C=O) groups is 1. The molecule has 0 aliphatic rings. The van der Waals surface area contributed by atoms with E-state index in [2.05, 4.69) is 6.07 Å². The van der Waals surface area contributed by atoms with Crippen LogP contribution in [0.1, 0.15) is 11.1 Å². The molecule has 2 rings (SSSR count). The highest BCUT2D eigenvalue weighted by Gasteiger charge is 2.12. The van der Waals surface area contributed by atoms with Crippen LogP contribution in [-0.2, 0) is 11.3 Å². The maximum absolute atomic E-state index is 12.3. The zero-order valence-electron chi connectivity index (χ0n) is 15.1. The second-order valence-electron chi connectivity index (χ2n) is 6.00. The second-order valence-corrected chi connectivity index (χ2v) is 6.00. The number of ether oxygens (including phenoxy) is 2. The van der Waals surface area contributed by atoms with Gasteiger partial charge < -0.3 is 18.9 Å². The largest absolute Gasteiger partial charge is 0.492 e. The first-order chi connectivity index (χ1) is 11.9. The van der Waals surface area contributed by atoms with Crippen LogP contribution in [0, 0.1) is 13.8 Å². The fourth-order valence-electron chi connectivity index (χ4n) is 2.50. The molecule has 0 unspecified atom stereocenters. The molecule has 6 heteroatoms. The Balaban J connectivity index is 1.89. The summed E-state index contributed by atoms with van der Waals surface area (Å²) in [5.41, 5.74) is 1.95. The molecule has 1 aromatic carbocycles. The van der Waals surface area contributed by atoms with E-state index in [9.17, 15) is 9.59 Å². The molecular formula is C19H24N2O4. The van der Waals surface area contributed by atoms with Gasteiger partial charge in [0.05, 0.1) is 13.7 Å². The minimum absolute atomic E-state index is 0.0317. The highest BCUT2D eigenvalue weighted by Crippen LogP contribution is 2.16. The van der Waals surface area contributed by atoms with Gasteiger partial charge in [-0.05, 0) is 49.2 Å². The maximum atomic E-state index is 12.3. The molecule has 0 atom stereocenters. The van der Waals surface area contributed by atoms with E-state index in [1.54, 1.807) is 30.3 Å². The van der Waals surface area contributed by atoms with E-state index in [-0.39, 0.29) is 23.8 Å². The molecule has 0 radical (unpaired) electrons. The van der Waals surface area contributed by atoms with E-state index >= 15 is 0 Å². The van der Waals surface area contributed by atoms with Crippen molar-refractivity contribution in [3.63, 3.8) is 0 Å². The first-order valence-electron chi connectivity index (χ1n) is 8.09. The molecular weight excluding hydrogens is 320 g/mol. The van der Waals surface area contributed by atoms with Crippen molar-refractivity contribution in [2.75, 3.05) is 27.3 Å². The van der Waals surface area contributed by atoms with Crippen LogP contribution in [0.15, 0.2) is 41.3 Å². The Bertz CT molecular complexity index is 778. The Hall–Kier alpha value is -2.76. The summed E-state index contributed by atoms with van der Waals surface area (Å²) >= 11 is 0. The molecule has 1 aromatic heterocycles. The number of methoxy groups -OCH3 is 1. The first kappa shape index (κ1) is 18.6. The number of amides is 1. The van der Waals surface area contributed by atoms with Crippen LogP contribution in [0.3, 0.4) is 0 Å². The normalized spacial score (nSPS) is 10.4. The van der Waals surface area contributed by atoms with Crippen molar-refractivity contribution in [1.82, 2.24) is 9.47 Å². The van der Waals surface area contributed by atoms with Crippen LogP contribution in [0.5, 0.6) is 11.5 Å².